The third kappa shape index (κ3) is 3.84. The van der Waals surface area contributed by atoms with Crippen molar-refractivity contribution < 1.29 is 14.7 Å². The Labute approximate surface area is 136 Å². The van der Waals surface area contributed by atoms with E-state index in [0.29, 0.717) is 14.2 Å². The summed E-state index contributed by atoms with van der Waals surface area (Å²) in [6, 6.07) is 5.56. The van der Waals surface area contributed by atoms with E-state index >= 15 is 0 Å². The summed E-state index contributed by atoms with van der Waals surface area (Å²) in [5, 5.41) is 9.25. The Morgan fingerprint density at radius 3 is 2.86 bits per heavy atom. The Morgan fingerprint density at radius 1 is 1.52 bits per heavy atom. The van der Waals surface area contributed by atoms with E-state index in [9.17, 15) is 9.59 Å². The fraction of sp³-hybridized carbons (Fsp3) is 0.214. The second-order valence-corrected chi connectivity index (χ2v) is 6.59. The van der Waals surface area contributed by atoms with Crippen molar-refractivity contribution in [2.75, 3.05) is 6.54 Å². The fourth-order valence-electron chi connectivity index (χ4n) is 1.79. The van der Waals surface area contributed by atoms with Gasteiger partial charge in [0, 0.05) is 11.6 Å². The largest absolute Gasteiger partial charge is 0.481 e. The first-order chi connectivity index (χ1) is 9.88. The van der Waals surface area contributed by atoms with E-state index in [-0.39, 0.29) is 18.9 Å². The minimum Gasteiger partial charge on any atom is -0.481 e. The molecule has 0 unspecified atom stereocenters. The number of hydrogen-bond donors (Lipinski definition) is 1. The summed E-state index contributed by atoms with van der Waals surface area (Å²) >= 11 is 12.4. The molecule has 0 spiro atoms. The summed E-state index contributed by atoms with van der Waals surface area (Å²) in [5.74, 6) is -1.24. The van der Waals surface area contributed by atoms with Gasteiger partial charge in [-0.1, -0.05) is 47.7 Å². The van der Waals surface area contributed by atoms with Gasteiger partial charge in [0.1, 0.15) is 4.32 Å². The maximum Gasteiger partial charge on any atom is 0.305 e. The van der Waals surface area contributed by atoms with Gasteiger partial charge in [-0.2, -0.15) is 0 Å². The number of thioether (sulfide) groups is 1. The van der Waals surface area contributed by atoms with Gasteiger partial charge in [-0.3, -0.25) is 14.5 Å². The zero-order chi connectivity index (χ0) is 15.6. The highest BCUT2D eigenvalue weighted by atomic mass is 35.5. The van der Waals surface area contributed by atoms with Gasteiger partial charge >= 0.3 is 5.97 Å². The van der Waals surface area contributed by atoms with Crippen molar-refractivity contribution >= 4 is 57.9 Å². The molecule has 1 aliphatic rings. The van der Waals surface area contributed by atoms with E-state index in [2.05, 4.69) is 0 Å². The third-order valence-electron chi connectivity index (χ3n) is 2.87. The van der Waals surface area contributed by atoms with Gasteiger partial charge in [-0.05, 0) is 30.2 Å². The first kappa shape index (κ1) is 16.0. The van der Waals surface area contributed by atoms with Crippen LogP contribution >= 0.6 is 35.6 Å². The van der Waals surface area contributed by atoms with Crippen molar-refractivity contribution in [2.24, 2.45) is 0 Å². The van der Waals surface area contributed by atoms with Crippen molar-refractivity contribution in [3.05, 3.63) is 39.3 Å². The van der Waals surface area contributed by atoms with Crippen molar-refractivity contribution in [1.29, 1.82) is 0 Å². The second-order valence-electron chi connectivity index (χ2n) is 4.50. The van der Waals surface area contributed by atoms with Gasteiger partial charge in [0.15, 0.2) is 0 Å². The van der Waals surface area contributed by atoms with E-state index < -0.39 is 5.97 Å². The molecule has 1 saturated heterocycles. The molecule has 1 aromatic carbocycles. The number of aliphatic carboxylic acids is 1. The molecule has 1 N–H and O–H groups in total. The lowest BCUT2D eigenvalue weighted by Crippen LogP contribution is -2.30. The van der Waals surface area contributed by atoms with E-state index in [0.717, 1.165) is 22.9 Å². The molecular formula is C14H12ClNO3S2. The van der Waals surface area contributed by atoms with Crippen molar-refractivity contribution in [1.82, 2.24) is 4.90 Å². The molecule has 0 saturated carbocycles. The van der Waals surface area contributed by atoms with Crippen molar-refractivity contribution in [2.45, 2.75) is 13.3 Å². The van der Waals surface area contributed by atoms with Crippen LogP contribution in [0, 0.1) is 6.92 Å². The Bertz CT molecular complexity index is 658. The molecule has 21 heavy (non-hydrogen) atoms. The lowest BCUT2D eigenvalue weighted by Gasteiger charge is -2.12. The van der Waals surface area contributed by atoms with Gasteiger partial charge in [-0.25, -0.2) is 0 Å². The Hall–Kier alpha value is -1.37. The van der Waals surface area contributed by atoms with Gasteiger partial charge in [0.05, 0.1) is 11.3 Å². The van der Waals surface area contributed by atoms with Crippen LogP contribution in [-0.4, -0.2) is 32.7 Å². The number of benzene rings is 1. The molecule has 1 amide bonds. The van der Waals surface area contributed by atoms with Crippen LogP contribution in [0.25, 0.3) is 6.08 Å². The van der Waals surface area contributed by atoms with Gasteiger partial charge in [-0.15, -0.1) is 0 Å². The van der Waals surface area contributed by atoms with E-state index in [1.807, 2.05) is 25.1 Å². The van der Waals surface area contributed by atoms with Crippen molar-refractivity contribution in [3.8, 4) is 0 Å². The number of carboxylic acids is 1. The summed E-state index contributed by atoms with van der Waals surface area (Å²) < 4.78 is 0.371. The number of carbonyl (C=O) groups is 2. The Balaban J connectivity index is 2.21. The smallest absolute Gasteiger partial charge is 0.305 e. The number of hydrogen-bond acceptors (Lipinski definition) is 4. The molecule has 7 heteroatoms. The number of amides is 1. The topological polar surface area (TPSA) is 57.6 Å². The standard InChI is InChI=1S/C14H12ClNO3S2/c1-8-2-3-9(10(15)6-8)7-11-13(19)16(14(20)21-11)5-4-12(17)18/h2-3,6-7H,4-5H2,1H3,(H,17,18)/b11-7-. The van der Waals surface area contributed by atoms with E-state index in [4.69, 9.17) is 28.9 Å². The molecule has 1 fully saturated rings. The maximum atomic E-state index is 12.2. The fourth-order valence-corrected chi connectivity index (χ4v) is 3.38. The van der Waals surface area contributed by atoms with E-state index in [1.54, 1.807) is 6.08 Å². The molecule has 1 aromatic rings. The summed E-state index contributed by atoms with van der Waals surface area (Å²) in [6.07, 6.45) is 1.55. The van der Waals surface area contributed by atoms with Crippen LogP contribution < -0.4 is 0 Å². The van der Waals surface area contributed by atoms with Crippen LogP contribution in [0.3, 0.4) is 0 Å². The third-order valence-corrected chi connectivity index (χ3v) is 4.57. The van der Waals surface area contributed by atoms with Crippen LogP contribution in [0.1, 0.15) is 17.5 Å². The maximum absolute atomic E-state index is 12.2. The normalized spacial score (nSPS) is 16.9. The minimum atomic E-state index is -0.963. The molecule has 0 atom stereocenters. The molecular weight excluding hydrogens is 330 g/mol. The summed E-state index contributed by atoms with van der Waals surface area (Å²) in [6.45, 7) is 2.01. The molecule has 1 aliphatic heterocycles. The number of halogens is 1. The first-order valence-electron chi connectivity index (χ1n) is 6.12. The highest BCUT2D eigenvalue weighted by molar-refractivity contribution is 8.26. The second kappa shape index (κ2) is 6.60. The van der Waals surface area contributed by atoms with E-state index in [1.165, 1.54) is 4.90 Å². The highest BCUT2D eigenvalue weighted by Crippen LogP contribution is 2.33. The molecule has 0 aliphatic carbocycles. The van der Waals surface area contributed by atoms with Gasteiger partial charge < -0.3 is 5.11 Å². The predicted octanol–water partition coefficient (Wildman–Crippen LogP) is 3.32. The van der Waals surface area contributed by atoms with Crippen LogP contribution in [-0.2, 0) is 9.59 Å². The number of aryl methyl sites for hydroxylation is 1. The van der Waals surface area contributed by atoms with Crippen molar-refractivity contribution in [3.63, 3.8) is 0 Å². The molecule has 0 aromatic heterocycles. The number of carbonyl (C=O) groups excluding carboxylic acids is 1. The number of thiocarbonyl (C=S) groups is 1. The molecule has 2 rings (SSSR count). The summed E-state index contributed by atoms with van der Waals surface area (Å²) in [7, 11) is 0. The molecule has 0 bridgehead atoms. The summed E-state index contributed by atoms with van der Waals surface area (Å²) in [4.78, 5) is 24.6. The predicted molar refractivity (Wildman–Crippen MR) is 88.3 cm³/mol. The molecule has 110 valence electrons. The molecule has 1 heterocycles. The molecule has 4 nitrogen and oxygen atoms in total. The van der Waals surface area contributed by atoms with Gasteiger partial charge in [0.2, 0.25) is 0 Å². The Morgan fingerprint density at radius 2 is 2.24 bits per heavy atom. The molecule has 0 radical (unpaired) electrons. The number of nitrogens with zero attached hydrogens (tertiary/aromatic N) is 1. The monoisotopic (exact) mass is 341 g/mol. The van der Waals surface area contributed by atoms with Crippen LogP contribution in [0.4, 0.5) is 0 Å². The van der Waals surface area contributed by atoms with Crippen LogP contribution in [0.15, 0.2) is 23.1 Å². The highest BCUT2D eigenvalue weighted by Gasteiger charge is 2.32. The SMILES string of the molecule is Cc1ccc(/C=C2\SC(=S)N(CCC(=O)O)C2=O)c(Cl)c1. The first-order valence-corrected chi connectivity index (χ1v) is 7.72. The summed E-state index contributed by atoms with van der Waals surface area (Å²) in [5.41, 5.74) is 1.77. The lowest BCUT2D eigenvalue weighted by atomic mass is 10.1. The quantitative estimate of drug-likeness (QED) is 0.672. The number of carboxylic acid groups (broad SMARTS) is 1. The lowest BCUT2D eigenvalue weighted by molar-refractivity contribution is -0.137. The van der Waals surface area contributed by atoms with Gasteiger partial charge in [0.25, 0.3) is 5.91 Å². The van der Waals surface area contributed by atoms with Crippen LogP contribution in [0.2, 0.25) is 5.02 Å². The average Bonchev–Trinajstić information content (AvgIpc) is 2.65. The zero-order valence-corrected chi connectivity index (χ0v) is 13.5. The zero-order valence-electron chi connectivity index (χ0n) is 11.1. The Kier molecular flexibility index (Phi) is 5.03. The number of rotatable bonds is 4. The van der Waals surface area contributed by atoms with Crippen LogP contribution in [0.5, 0.6) is 0 Å². The average molecular weight is 342 g/mol. The minimum absolute atomic E-state index is 0.0823.